The molecule has 0 amide bonds. The lowest BCUT2D eigenvalue weighted by molar-refractivity contribution is 0.138. The summed E-state index contributed by atoms with van der Waals surface area (Å²) >= 11 is 0. The van der Waals surface area contributed by atoms with E-state index in [0.29, 0.717) is 6.54 Å². The highest BCUT2D eigenvalue weighted by molar-refractivity contribution is 6.07. The monoisotopic (exact) mass is 254 g/mol. The van der Waals surface area contributed by atoms with E-state index in [1.807, 2.05) is 43.3 Å². The minimum Gasteiger partial charge on any atom is -0.387 e. The average Bonchev–Trinajstić information content (AvgIpc) is 2.75. The van der Waals surface area contributed by atoms with Gasteiger partial charge in [-0.05, 0) is 37.9 Å². The number of aromatic amines is 1. The van der Waals surface area contributed by atoms with Gasteiger partial charge in [0.25, 0.3) is 0 Å². The molecule has 0 aliphatic carbocycles. The first-order valence-electron chi connectivity index (χ1n) is 6.48. The van der Waals surface area contributed by atoms with Crippen molar-refractivity contribution in [3.8, 4) is 0 Å². The maximum Gasteiger partial charge on any atom is 0.0916 e. The van der Waals surface area contributed by atoms with Gasteiger partial charge in [-0.3, -0.25) is 0 Å². The molecule has 3 aromatic rings. The van der Waals surface area contributed by atoms with Crippen LogP contribution in [0.5, 0.6) is 0 Å². The molecule has 98 valence electrons. The predicted octanol–water partition coefficient (Wildman–Crippen LogP) is 2.92. The lowest BCUT2D eigenvalue weighted by atomic mass is 10.1. The molecule has 1 aromatic heterocycles. The molecule has 1 atom stereocenters. The van der Waals surface area contributed by atoms with Crippen molar-refractivity contribution in [3.63, 3.8) is 0 Å². The topological polar surface area (TPSA) is 39.3 Å². The van der Waals surface area contributed by atoms with E-state index in [-0.39, 0.29) is 0 Å². The number of aliphatic hydroxyl groups is 1. The maximum absolute atomic E-state index is 10.2. The van der Waals surface area contributed by atoms with Crippen LogP contribution in [-0.2, 0) is 0 Å². The van der Waals surface area contributed by atoms with Gasteiger partial charge >= 0.3 is 0 Å². The lowest BCUT2D eigenvalue weighted by Crippen LogP contribution is -2.19. The van der Waals surface area contributed by atoms with Crippen LogP contribution in [0.2, 0.25) is 0 Å². The quantitative estimate of drug-likeness (QED) is 0.754. The molecule has 0 fully saturated rings. The second-order valence-corrected chi connectivity index (χ2v) is 5.25. The summed E-state index contributed by atoms with van der Waals surface area (Å²) in [5.41, 5.74) is 3.21. The fraction of sp³-hybridized carbons (Fsp3) is 0.250. The molecule has 2 aromatic carbocycles. The molecule has 19 heavy (non-hydrogen) atoms. The number of nitrogens with zero attached hydrogens (tertiary/aromatic N) is 1. The number of hydrogen-bond acceptors (Lipinski definition) is 2. The SMILES string of the molecule is CN(C)CC(O)c1ccc2[nH]c3ccccc3c2c1. The van der Waals surface area contributed by atoms with Gasteiger partial charge in [0.05, 0.1) is 6.10 Å². The first kappa shape index (κ1) is 12.2. The average molecular weight is 254 g/mol. The van der Waals surface area contributed by atoms with E-state index in [2.05, 4.69) is 23.2 Å². The molecule has 0 saturated carbocycles. The maximum atomic E-state index is 10.2. The Bertz CT molecular complexity index is 715. The summed E-state index contributed by atoms with van der Waals surface area (Å²) in [4.78, 5) is 5.38. The van der Waals surface area contributed by atoms with Crippen molar-refractivity contribution in [1.29, 1.82) is 0 Å². The van der Waals surface area contributed by atoms with Gasteiger partial charge in [0.2, 0.25) is 0 Å². The molecular formula is C16H18N2O. The standard InChI is InChI=1S/C16H18N2O/c1-18(2)10-16(19)11-7-8-15-13(9-11)12-5-3-4-6-14(12)17-15/h3-9,16-17,19H,10H2,1-2H3. The second kappa shape index (κ2) is 4.68. The molecule has 0 bridgehead atoms. The third-order valence-corrected chi connectivity index (χ3v) is 3.45. The van der Waals surface area contributed by atoms with Crippen LogP contribution < -0.4 is 0 Å². The van der Waals surface area contributed by atoms with Crippen LogP contribution >= 0.6 is 0 Å². The van der Waals surface area contributed by atoms with Crippen LogP contribution in [0.3, 0.4) is 0 Å². The van der Waals surface area contributed by atoms with Crippen molar-refractivity contribution in [2.75, 3.05) is 20.6 Å². The molecule has 1 unspecified atom stereocenters. The summed E-state index contributed by atoms with van der Waals surface area (Å²) < 4.78 is 0. The molecule has 0 aliphatic rings. The summed E-state index contributed by atoms with van der Waals surface area (Å²) in [7, 11) is 3.93. The van der Waals surface area contributed by atoms with E-state index in [1.54, 1.807) is 0 Å². The Kier molecular flexibility index (Phi) is 3.01. The normalized spacial score (nSPS) is 13.5. The van der Waals surface area contributed by atoms with Gasteiger partial charge in [-0.15, -0.1) is 0 Å². The van der Waals surface area contributed by atoms with Crippen molar-refractivity contribution >= 4 is 21.8 Å². The largest absolute Gasteiger partial charge is 0.387 e. The Labute approximate surface area is 112 Å². The van der Waals surface area contributed by atoms with Crippen LogP contribution in [0, 0.1) is 0 Å². The number of benzene rings is 2. The van der Waals surface area contributed by atoms with Crippen molar-refractivity contribution in [3.05, 3.63) is 48.0 Å². The van der Waals surface area contributed by atoms with Crippen LogP contribution in [0.15, 0.2) is 42.5 Å². The summed E-state index contributed by atoms with van der Waals surface area (Å²) in [6, 6.07) is 14.4. The number of fused-ring (bicyclic) bond motifs is 3. The number of aromatic nitrogens is 1. The highest BCUT2D eigenvalue weighted by Crippen LogP contribution is 2.27. The highest BCUT2D eigenvalue weighted by Gasteiger charge is 2.11. The molecule has 2 N–H and O–H groups in total. The van der Waals surface area contributed by atoms with Gasteiger partial charge in [0.15, 0.2) is 0 Å². The number of rotatable bonds is 3. The van der Waals surface area contributed by atoms with E-state index in [9.17, 15) is 5.11 Å². The second-order valence-electron chi connectivity index (χ2n) is 5.25. The number of nitrogens with one attached hydrogen (secondary N) is 1. The van der Waals surface area contributed by atoms with E-state index in [4.69, 9.17) is 0 Å². The minimum atomic E-state index is -0.451. The number of hydrogen-bond donors (Lipinski definition) is 2. The van der Waals surface area contributed by atoms with Crippen LogP contribution in [-0.4, -0.2) is 35.6 Å². The number of H-pyrrole nitrogens is 1. The highest BCUT2D eigenvalue weighted by atomic mass is 16.3. The smallest absolute Gasteiger partial charge is 0.0916 e. The third kappa shape index (κ3) is 2.23. The molecule has 0 spiro atoms. The van der Waals surface area contributed by atoms with Crippen LogP contribution in [0.1, 0.15) is 11.7 Å². The summed E-state index contributed by atoms with van der Waals surface area (Å²) in [6.45, 7) is 0.633. The number of aliphatic hydroxyl groups excluding tert-OH is 1. The Morgan fingerprint density at radius 3 is 2.58 bits per heavy atom. The van der Waals surface area contributed by atoms with Gasteiger partial charge in [0.1, 0.15) is 0 Å². The number of para-hydroxylation sites is 1. The fourth-order valence-corrected chi connectivity index (χ4v) is 2.52. The summed E-state index contributed by atoms with van der Waals surface area (Å²) in [5, 5.41) is 12.6. The van der Waals surface area contributed by atoms with Crippen molar-refractivity contribution in [2.24, 2.45) is 0 Å². The van der Waals surface area contributed by atoms with E-state index >= 15 is 0 Å². The Morgan fingerprint density at radius 1 is 1.05 bits per heavy atom. The minimum absolute atomic E-state index is 0.451. The zero-order chi connectivity index (χ0) is 13.4. The summed E-state index contributed by atoms with van der Waals surface area (Å²) in [6.07, 6.45) is -0.451. The van der Waals surface area contributed by atoms with Gasteiger partial charge in [0, 0.05) is 28.4 Å². The fourth-order valence-electron chi connectivity index (χ4n) is 2.52. The van der Waals surface area contributed by atoms with Crippen LogP contribution in [0.25, 0.3) is 21.8 Å². The zero-order valence-electron chi connectivity index (χ0n) is 11.2. The number of likely N-dealkylation sites (N-methyl/N-ethyl adjacent to an activating group) is 1. The molecule has 3 nitrogen and oxygen atoms in total. The van der Waals surface area contributed by atoms with E-state index in [1.165, 1.54) is 10.8 Å². The first-order chi connectivity index (χ1) is 9.15. The lowest BCUT2D eigenvalue weighted by Gasteiger charge is -2.16. The molecule has 3 rings (SSSR count). The van der Waals surface area contributed by atoms with Gasteiger partial charge in [-0.25, -0.2) is 0 Å². The molecule has 3 heteroatoms. The van der Waals surface area contributed by atoms with Gasteiger partial charge < -0.3 is 15.0 Å². The predicted molar refractivity (Wildman–Crippen MR) is 79.3 cm³/mol. The van der Waals surface area contributed by atoms with Crippen molar-refractivity contribution in [1.82, 2.24) is 9.88 Å². The zero-order valence-corrected chi connectivity index (χ0v) is 11.2. The molecular weight excluding hydrogens is 236 g/mol. The molecule has 0 radical (unpaired) electrons. The van der Waals surface area contributed by atoms with E-state index < -0.39 is 6.10 Å². The Hall–Kier alpha value is -1.84. The van der Waals surface area contributed by atoms with Gasteiger partial charge in [-0.2, -0.15) is 0 Å². The molecule has 0 saturated heterocycles. The summed E-state index contributed by atoms with van der Waals surface area (Å²) in [5.74, 6) is 0. The van der Waals surface area contributed by atoms with E-state index in [0.717, 1.165) is 16.6 Å². The van der Waals surface area contributed by atoms with Crippen LogP contribution in [0.4, 0.5) is 0 Å². The third-order valence-electron chi connectivity index (χ3n) is 3.45. The van der Waals surface area contributed by atoms with Crippen molar-refractivity contribution in [2.45, 2.75) is 6.10 Å². The first-order valence-corrected chi connectivity index (χ1v) is 6.48. The van der Waals surface area contributed by atoms with Gasteiger partial charge in [-0.1, -0.05) is 24.3 Å². The Balaban J connectivity index is 2.11. The Morgan fingerprint density at radius 2 is 1.79 bits per heavy atom. The molecule has 1 heterocycles. The molecule has 0 aliphatic heterocycles. The van der Waals surface area contributed by atoms with Crippen molar-refractivity contribution < 1.29 is 5.11 Å².